The van der Waals surface area contributed by atoms with Gasteiger partial charge in [0.15, 0.2) is 0 Å². The molecule has 0 spiro atoms. The van der Waals surface area contributed by atoms with E-state index >= 15 is 0 Å². The molecule has 25 heavy (non-hydrogen) atoms. The van der Waals surface area contributed by atoms with Crippen LogP contribution < -0.4 is 34.3 Å². The van der Waals surface area contributed by atoms with Gasteiger partial charge >= 0.3 is 35.5 Å². The Morgan fingerprint density at radius 1 is 1.08 bits per heavy atom. The molecule has 6 nitrogen and oxygen atoms in total. The van der Waals surface area contributed by atoms with Crippen molar-refractivity contribution in [1.29, 1.82) is 0 Å². The molecule has 1 unspecified atom stereocenters. The van der Waals surface area contributed by atoms with Crippen LogP contribution >= 0.6 is 0 Å². The van der Waals surface area contributed by atoms with E-state index in [1.54, 1.807) is 12.1 Å². The average molecular weight is 372 g/mol. The molecule has 0 aliphatic heterocycles. The summed E-state index contributed by atoms with van der Waals surface area (Å²) in [6, 6.07) is 13.2. The van der Waals surface area contributed by atoms with Crippen LogP contribution in [0.4, 0.5) is 0 Å². The van der Waals surface area contributed by atoms with Crippen molar-refractivity contribution in [3.8, 4) is 5.75 Å². The third-order valence-electron chi connectivity index (χ3n) is 3.42. The molecule has 0 bridgehead atoms. The number of ether oxygens (including phenoxy) is 1. The first-order valence-electron chi connectivity index (χ1n) is 7.33. The van der Waals surface area contributed by atoms with Gasteiger partial charge in [-0.3, -0.25) is 4.18 Å². The summed E-state index contributed by atoms with van der Waals surface area (Å²) in [4.78, 5) is 12.1. The summed E-state index contributed by atoms with van der Waals surface area (Å²) in [5.41, 5.74) is 2.03. The van der Waals surface area contributed by atoms with Gasteiger partial charge in [-0.15, -0.1) is 0 Å². The standard InChI is InChI=1S/C17H18O6S.Na/c1-3-13-4-6-15(7-5-13)17(18)22-16-10-8-14(9-11-16)12(2)23-24(19,20)21;/h4-12H,3H2,1-2H3,(H,19,20,21);/q;+1/p-1. The van der Waals surface area contributed by atoms with E-state index in [4.69, 9.17) is 4.74 Å². The Morgan fingerprint density at radius 2 is 1.64 bits per heavy atom. The number of hydrogen-bond acceptors (Lipinski definition) is 6. The molecule has 0 saturated heterocycles. The third kappa shape index (κ3) is 6.89. The van der Waals surface area contributed by atoms with E-state index in [1.807, 2.05) is 19.1 Å². The quantitative estimate of drug-likeness (QED) is 0.233. The van der Waals surface area contributed by atoms with Crippen molar-refractivity contribution < 1.29 is 56.2 Å². The maximum absolute atomic E-state index is 12.1. The van der Waals surface area contributed by atoms with Gasteiger partial charge in [0.25, 0.3) is 0 Å². The Bertz CT molecular complexity index is 800. The van der Waals surface area contributed by atoms with Crippen molar-refractivity contribution in [2.24, 2.45) is 0 Å². The molecule has 0 fully saturated rings. The smallest absolute Gasteiger partial charge is 0.726 e. The summed E-state index contributed by atoms with van der Waals surface area (Å²) < 4.78 is 41.3. The summed E-state index contributed by atoms with van der Waals surface area (Å²) in [6.07, 6.45) is -0.0327. The van der Waals surface area contributed by atoms with Gasteiger partial charge in [0.05, 0.1) is 11.7 Å². The van der Waals surface area contributed by atoms with Crippen LogP contribution in [0.1, 0.15) is 41.4 Å². The van der Waals surface area contributed by atoms with Gasteiger partial charge in [-0.2, -0.15) is 0 Å². The Labute approximate surface area is 169 Å². The molecular formula is C17H17NaO6S. The van der Waals surface area contributed by atoms with Crippen LogP contribution in [0.5, 0.6) is 5.75 Å². The summed E-state index contributed by atoms with van der Waals surface area (Å²) >= 11 is 0. The fourth-order valence-corrected chi connectivity index (χ4v) is 2.55. The summed E-state index contributed by atoms with van der Waals surface area (Å²) in [5.74, 6) is -0.183. The van der Waals surface area contributed by atoms with Crippen molar-refractivity contribution >= 4 is 16.4 Å². The van der Waals surface area contributed by atoms with E-state index in [0.717, 1.165) is 12.0 Å². The van der Waals surface area contributed by atoms with Crippen molar-refractivity contribution in [3.05, 3.63) is 65.2 Å². The zero-order valence-electron chi connectivity index (χ0n) is 14.3. The summed E-state index contributed by atoms with van der Waals surface area (Å²) in [5, 5.41) is 0. The zero-order chi connectivity index (χ0) is 17.7. The van der Waals surface area contributed by atoms with Crippen molar-refractivity contribution in [2.45, 2.75) is 26.4 Å². The number of rotatable bonds is 6. The van der Waals surface area contributed by atoms with Gasteiger partial charge in [0.1, 0.15) is 5.75 Å². The molecular weight excluding hydrogens is 355 g/mol. The van der Waals surface area contributed by atoms with Gasteiger partial charge in [0.2, 0.25) is 10.4 Å². The summed E-state index contributed by atoms with van der Waals surface area (Å²) in [7, 11) is -4.78. The minimum atomic E-state index is -4.78. The summed E-state index contributed by atoms with van der Waals surface area (Å²) in [6.45, 7) is 3.46. The molecule has 2 rings (SSSR count). The van der Waals surface area contributed by atoms with Gasteiger partial charge in [-0.25, -0.2) is 13.2 Å². The third-order valence-corrected chi connectivity index (χ3v) is 3.94. The van der Waals surface area contributed by atoms with E-state index in [0.29, 0.717) is 16.9 Å². The van der Waals surface area contributed by atoms with Crippen molar-refractivity contribution in [2.75, 3.05) is 0 Å². The van der Waals surface area contributed by atoms with Crippen LogP contribution in [0.2, 0.25) is 0 Å². The Kier molecular flexibility index (Phi) is 8.27. The fourth-order valence-electron chi connectivity index (χ4n) is 2.08. The largest absolute Gasteiger partial charge is 1.00 e. The second-order valence-electron chi connectivity index (χ2n) is 5.16. The first kappa shape index (κ1) is 21.8. The van der Waals surface area contributed by atoms with Crippen LogP contribution in [-0.2, 0) is 21.0 Å². The van der Waals surface area contributed by atoms with Crippen molar-refractivity contribution in [1.82, 2.24) is 0 Å². The maximum atomic E-state index is 12.1. The molecule has 128 valence electrons. The van der Waals surface area contributed by atoms with Crippen LogP contribution in [0.25, 0.3) is 0 Å². The topological polar surface area (TPSA) is 92.7 Å². The molecule has 1 atom stereocenters. The average Bonchev–Trinajstić information content (AvgIpc) is 2.54. The van der Waals surface area contributed by atoms with Crippen LogP contribution in [-0.4, -0.2) is 18.9 Å². The number of carbonyl (C=O) groups excluding carboxylic acids is 1. The molecule has 2 aromatic carbocycles. The van der Waals surface area contributed by atoms with Crippen LogP contribution in [0.15, 0.2) is 48.5 Å². The van der Waals surface area contributed by atoms with Gasteiger partial charge in [-0.05, 0) is 48.7 Å². The van der Waals surface area contributed by atoms with Crippen LogP contribution in [0.3, 0.4) is 0 Å². The molecule has 8 heteroatoms. The number of aryl methyl sites for hydroxylation is 1. The molecule has 0 saturated carbocycles. The molecule has 0 radical (unpaired) electrons. The minimum absolute atomic E-state index is 0. The van der Waals surface area contributed by atoms with Gasteiger partial charge in [0, 0.05) is 0 Å². The Hall–Kier alpha value is -1.22. The number of carbonyl (C=O) groups is 1. The molecule has 0 aliphatic rings. The molecule has 0 aliphatic carbocycles. The second-order valence-corrected chi connectivity index (χ2v) is 6.16. The van der Waals surface area contributed by atoms with E-state index < -0.39 is 22.5 Å². The molecule has 0 aromatic heterocycles. The molecule has 0 heterocycles. The predicted octanol–water partition coefficient (Wildman–Crippen LogP) is 0.0100. The monoisotopic (exact) mass is 372 g/mol. The number of hydrogen-bond donors (Lipinski definition) is 0. The Morgan fingerprint density at radius 3 is 2.12 bits per heavy atom. The second kappa shape index (κ2) is 9.47. The fraction of sp³-hybridized carbons (Fsp3) is 0.235. The van der Waals surface area contributed by atoms with Gasteiger partial charge < -0.3 is 9.29 Å². The number of benzene rings is 2. The SMILES string of the molecule is CCc1ccc(C(=O)Oc2ccc(C(C)OS(=O)(=O)[O-])cc2)cc1.[Na+]. The van der Waals surface area contributed by atoms with Crippen molar-refractivity contribution in [3.63, 3.8) is 0 Å². The first-order chi connectivity index (χ1) is 11.3. The normalized spacial score (nSPS) is 12.1. The Balaban J connectivity index is 0.00000312. The van der Waals surface area contributed by atoms with E-state index in [1.165, 1.54) is 31.2 Å². The van der Waals surface area contributed by atoms with E-state index in [2.05, 4.69) is 4.18 Å². The zero-order valence-corrected chi connectivity index (χ0v) is 17.1. The number of esters is 1. The molecule has 2 aromatic rings. The minimum Gasteiger partial charge on any atom is -0.726 e. The van der Waals surface area contributed by atoms with E-state index in [9.17, 15) is 17.8 Å². The predicted molar refractivity (Wildman–Crippen MR) is 86.4 cm³/mol. The molecule has 0 amide bonds. The van der Waals surface area contributed by atoms with Crippen LogP contribution in [0, 0.1) is 0 Å². The van der Waals surface area contributed by atoms with E-state index in [-0.39, 0.29) is 29.6 Å². The molecule has 0 N–H and O–H groups in total. The first-order valence-corrected chi connectivity index (χ1v) is 8.67. The van der Waals surface area contributed by atoms with Gasteiger partial charge in [-0.1, -0.05) is 31.2 Å². The maximum Gasteiger partial charge on any atom is 1.00 e.